The lowest BCUT2D eigenvalue weighted by Crippen LogP contribution is -2.48. The van der Waals surface area contributed by atoms with Crippen molar-refractivity contribution in [1.29, 1.82) is 0 Å². The number of carbonyl (C=O) groups excluding carboxylic acids is 1. The first-order valence-corrected chi connectivity index (χ1v) is 8.02. The number of hydrogen-bond acceptors (Lipinski definition) is 4. The second kappa shape index (κ2) is 5.91. The molecule has 3 rings (SSSR count). The molecule has 2 N–H and O–H groups in total. The fourth-order valence-electron chi connectivity index (χ4n) is 3.13. The Labute approximate surface area is 138 Å². The highest BCUT2D eigenvalue weighted by Gasteiger charge is 2.45. The van der Waals surface area contributed by atoms with Crippen LogP contribution in [0.2, 0.25) is 0 Å². The highest BCUT2D eigenvalue weighted by Crippen LogP contribution is 2.46. The Hall–Kier alpha value is -1.83. The van der Waals surface area contributed by atoms with Crippen molar-refractivity contribution in [2.24, 2.45) is 11.7 Å². The number of pyridine rings is 1. The van der Waals surface area contributed by atoms with E-state index in [0.717, 1.165) is 18.9 Å². The van der Waals surface area contributed by atoms with Gasteiger partial charge >= 0.3 is 12.3 Å². The van der Waals surface area contributed by atoms with Crippen LogP contribution in [0.25, 0.3) is 0 Å². The number of aromatic nitrogens is 1. The summed E-state index contributed by atoms with van der Waals surface area (Å²) in [6.07, 6.45) is -3.08. The number of amides is 1. The second-order valence-electron chi connectivity index (χ2n) is 6.65. The van der Waals surface area contributed by atoms with Crippen molar-refractivity contribution in [2.75, 3.05) is 4.90 Å². The Bertz CT molecular complexity index is 644. The van der Waals surface area contributed by atoms with Crippen molar-refractivity contribution in [1.82, 2.24) is 4.98 Å². The van der Waals surface area contributed by atoms with Gasteiger partial charge in [0.15, 0.2) is 0 Å². The first-order valence-electron chi connectivity index (χ1n) is 8.02. The third-order valence-electron chi connectivity index (χ3n) is 4.33. The summed E-state index contributed by atoms with van der Waals surface area (Å²) < 4.78 is 44.0. The molecule has 1 aromatic rings. The molecule has 0 aromatic carbocycles. The van der Waals surface area contributed by atoms with Crippen LogP contribution in [0.1, 0.15) is 50.5 Å². The molecule has 24 heavy (non-hydrogen) atoms. The zero-order valence-electron chi connectivity index (χ0n) is 13.5. The molecule has 132 valence electrons. The van der Waals surface area contributed by atoms with Crippen LogP contribution in [0.5, 0.6) is 0 Å². The van der Waals surface area contributed by atoms with Gasteiger partial charge in [-0.3, -0.25) is 4.90 Å². The predicted molar refractivity (Wildman–Crippen MR) is 81.4 cm³/mol. The molecule has 8 heteroatoms. The summed E-state index contributed by atoms with van der Waals surface area (Å²) in [7, 11) is 0. The van der Waals surface area contributed by atoms with Crippen molar-refractivity contribution in [3.8, 4) is 0 Å². The smallest absolute Gasteiger partial charge is 0.433 e. The zero-order chi connectivity index (χ0) is 17.6. The van der Waals surface area contributed by atoms with Crippen LogP contribution in [0.3, 0.4) is 0 Å². The van der Waals surface area contributed by atoms with E-state index in [4.69, 9.17) is 10.5 Å². The van der Waals surface area contributed by atoms with Gasteiger partial charge in [-0.2, -0.15) is 13.2 Å². The van der Waals surface area contributed by atoms with Gasteiger partial charge in [-0.25, -0.2) is 9.78 Å². The van der Waals surface area contributed by atoms with Crippen molar-refractivity contribution >= 4 is 11.8 Å². The second-order valence-corrected chi connectivity index (χ2v) is 6.65. The minimum Gasteiger partial charge on any atom is -0.446 e. The van der Waals surface area contributed by atoms with Gasteiger partial charge in [0, 0.05) is 6.04 Å². The molecule has 1 aliphatic heterocycles. The molecule has 1 fully saturated rings. The molecule has 1 saturated carbocycles. The summed E-state index contributed by atoms with van der Waals surface area (Å²) in [4.78, 5) is 17.7. The molecule has 1 amide bonds. The number of ether oxygens (including phenoxy) is 1. The Morgan fingerprint density at radius 2 is 2.04 bits per heavy atom. The summed E-state index contributed by atoms with van der Waals surface area (Å²) in [5.74, 6) is 0.311. The number of anilines is 1. The highest BCUT2D eigenvalue weighted by atomic mass is 19.4. The van der Waals surface area contributed by atoms with E-state index in [9.17, 15) is 18.0 Å². The number of nitrogens with zero attached hydrogens (tertiary/aromatic N) is 2. The Balaban J connectivity index is 2.02. The number of halogens is 3. The number of alkyl halides is 3. The van der Waals surface area contributed by atoms with E-state index >= 15 is 0 Å². The van der Waals surface area contributed by atoms with Gasteiger partial charge in [0.25, 0.3) is 0 Å². The van der Waals surface area contributed by atoms with E-state index < -0.39 is 24.0 Å². The summed E-state index contributed by atoms with van der Waals surface area (Å²) in [6, 6.07) is 1.38. The minimum absolute atomic E-state index is 0.0995. The van der Waals surface area contributed by atoms with Crippen LogP contribution >= 0.6 is 0 Å². The maximum absolute atomic E-state index is 12.9. The van der Waals surface area contributed by atoms with Gasteiger partial charge in [0.05, 0.1) is 23.5 Å². The largest absolute Gasteiger partial charge is 0.446 e. The third-order valence-corrected chi connectivity index (χ3v) is 4.33. The summed E-state index contributed by atoms with van der Waals surface area (Å²) >= 11 is 0. The fraction of sp³-hybridized carbons (Fsp3) is 0.625. The molecule has 0 spiro atoms. The molecule has 5 nitrogen and oxygen atoms in total. The van der Waals surface area contributed by atoms with Crippen molar-refractivity contribution in [2.45, 2.75) is 57.5 Å². The third kappa shape index (κ3) is 3.19. The quantitative estimate of drug-likeness (QED) is 0.890. The van der Waals surface area contributed by atoms with Crippen LogP contribution in [0.15, 0.2) is 12.1 Å². The molecule has 0 unspecified atom stereocenters. The Morgan fingerprint density at radius 3 is 2.58 bits per heavy atom. The minimum atomic E-state index is -4.55. The van der Waals surface area contributed by atoms with Gasteiger partial charge in [-0.15, -0.1) is 0 Å². The first-order chi connectivity index (χ1) is 11.2. The number of nitrogens with two attached hydrogens (primary N) is 1. The molecule has 1 aromatic heterocycles. The SMILES string of the molecule is CC(C)OC(=O)N1c2ccc(C(F)(F)F)nc2[C@@H](N)C[C@H]1C1CC1. The number of carbonyl (C=O) groups is 1. The van der Waals surface area contributed by atoms with Crippen molar-refractivity contribution in [3.05, 3.63) is 23.5 Å². The molecule has 0 saturated heterocycles. The van der Waals surface area contributed by atoms with E-state index in [2.05, 4.69) is 4.98 Å². The van der Waals surface area contributed by atoms with Gasteiger partial charge in [0.2, 0.25) is 0 Å². The van der Waals surface area contributed by atoms with Crippen molar-refractivity contribution in [3.63, 3.8) is 0 Å². The van der Waals surface area contributed by atoms with Crippen LogP contribution < -0.4 is 10.6 Å². The first kappa shape index (κ1) is 17.0. The molecule has 0 radical (unpaired) electrons. The average Bonchev–Trinajstić information content (AvgIpc) is 3.29. The number of fused-ring (bicyclic) bond motifs is 1. The molecule has 2 heterocycles. The maximum Gasteiger partial charge on any atom is 0.433 e. The summed E-state index contributed by atoms with van der Waals surface area (Å²) in [5.41, 5.74) is 5.49. The monoisotopic (exact) mass is 343 g/mol. The molecule has 1 aliphatic carbocycles. The van der Waals surface area contributed by atoms with E-state index in [1.54, 1.807) is 13.8 Å². The van der Waals surface area contributed by atoms with E-state index in [1.807, 2.05) is 0 Å². The van der Waals surface area contributed by atoms with Crippen LogP contribution in [-0.4, -0.2) is 23.2 Å². The summed E-state index contributed by atoms with van der Waals surface area (Å²) in [6.45, 7) is 3.46. The average molecular weight is 343 g/mol. The zero-order valence-corrected chi connectivity index (χ0v) is 13.5. The normalized spacial score (nSPS) is 24.0. The van der Waals surface area contributed by atoms with Gasteiger partial charge < -0.3 is 10.5 Å². The Morgan fingerprint density at radius 1 is 1.38 bits per heavy atom. The van der Waals surface area contributed by atoms with E-state index in [1.165, 1.54) is 11.0 Å². The number of hydrogen-bond donors (Lipinski definition) is 1. The number of rotatable bonds is 2. The molecule has 2 atom stereocenters. The highest BCUT2D eigenvalue weighted by molar-refractivity contribution is 5.90. The van der Waals surface area contributed by atoms with E-state index in [0.29, 0.717) is 18.0 Å². The lowest BCUT2D eigenvalue weighted by molar-refractivity contribution is -0.141. The van der Waals surface area contributed by atoms with Gasteiger partial charge in [-0.1, -0.05) is 0 Å². The van der Waals surface area contributed by atoms with Crippen molar-refractivity contribution < 1.29 is 22.7 Å². The van der Waals surface area contributed by atoms with Gasteiger partial charge in [0.1, 0.15) is 5.69 Å². The fourth-order valence-corrected chi connectivity index (χ4v) is 3.13. The molecular formula is C16H20F3N3O2. The molecule has 2 aliphatic rings. The molecule has 0 bridgehead atoms. The molecular weight excluding hydrogens is 323 g/mol. The van der Waals surface area contributed by atoms with Crippen LogP contribution in [0.4, 0.5) is 23.7 Å². The van der Waals surface area contributed by atoms with E-state index in [-0.39, 0.29) is 17.8 Å². The van der Waals surface area contributed by atoms with Crippen LogP contribution in [0, 0.1) is 5.92 Å². The lowest BCUT2D eigenvalue weighted by Gasteiger charge is -2.39. The van der Waals surface area contributed by atoms with Crippen LogP contribution in [-0.2, 0) is 10.9 Å². The lowest BCUT2D eigenvalue weighted by atomic mass is 9.92. The topological polar surface area (TPSA) is 68.5 Å². The predicted octanol–water partition coefficient (Wildman–Crippen LogP) is 3.63. The summed E-state index contributed by atoms with van der Waals surface area (Å²) in [5, 5.41) is 0. The van der Waals surface area contributed by atoms with Gasteiger partial charge in [-0.05, 0) is 51.2 Å². The standard InChI is InChI=1S/C16H20F3N3O2/c1-8(2)24-15(23)22-11-5-6-13(16(17,18)19)21-14(11)10(20)7-12(22)9-3-4-9/h5-6,8-10,12H,3-4,7,20H2,1-2H3/t10-,12-/m0/s1. The maximum atomic E-state index is 12.9. The Kier molecular flexibility index (Phi) is 4.19.